The second-order valence-corrected chi connectivity index (χ2v) is 27.0. The van der Waals surface area contributed by atoms with E-state index >= 15 is 0 Å². The standard InChI is InChI=1S/C84H138NO8P/c1-6-8-10-12-14-16-18-20-22-24-26-28-30-32-34-36-38-40-41-42-43-45-46-48-50-52-54-56-58-60-62-64-66-68-70-72-74-76-83(86)90-80-82(81-92-94(88,89)91-79-78-85(3,4)5)93-84(87)77-75-73-71-69-67-65-63-61-59-57-55-53-51-49-47-44-39-37-35-33-31-29-27-25-23-21-19-17-15-13-11-9-7-2/h8-11,14-17,20-23,26-29,32-35,38-40,44,49,51,55,57,61,63,82H,6-7,12-13,18-19,24-25,30-31,36-37,41-43,45-48,50,52-54,56,58-60,62,64-81H2,1-5H3/b10-8-,11-9-,16-14-,17-15-,22-20-,23-21-,28-26-,29-27-,34-32-,35-33-,40-38-,44-39-,51-49-,57-55-,63-61-. The van der Waals surface area contributed by atoms with E-state index in [1.807, 2.05) is 21.1 Å². The number of hydrogen-bond donors (Lipinski definition) is 0. The highest BCUT2D eigenvalue weighted by atomic mass is 31.2. The molecule has 0 aliphatic heterocycles. The maximum atomic E-state index is 12.9. The van der Waals surface area contributed by atoms with Crippen molar-refractivity contribution < 1.29 is 42.1 Å². The summed E-state index contributed by atoms with van der Waals surface area (Å²) in [6.07, 6.45) is 111. The topological polar surface area (TPSA) is 111 Å². The predicted octanol–water partition coefficient (Wildman–Crippen LogP) is 24.4. The van der Waals surface area contributed by atoms with Gasteiger partial charge in [-0.2, -0.15) is 0 Å². The second-order valence-electron chi connectivity index (χ2n) is 25.5. The molecule has 0 aromatic rings. The van der Waals surface area contributed by atoms with Gasteiger partial charge in [-0.15, -0.1) is 0 Å². The van der Waals surface area contributed by atoms with E-state index in [0.717, 1.165) is 148 Å². The molecule has 0 N–H and O–H groups in total. The number of unbranched alkanes of at least 4 members (excludes halogenated alkanes) is 23. The zero-order valence-electron chi connectivity index (χ0n) is 60.6. The molecule has 0 amide bonds. The Bertz CT molecular complexity index is 2240. The molecule has 0 aromatic heterocycles. The van der Waals surface area contributed by atoms with Crippen LogP contribution in [0, 0.1) is 0 Å². The minimum Gasteiger partial charge on any atom is -0.756 e. The molecule has 0 bridgehead atoms. The van der Waals surface area contributed by atoms with Crippen molar-refractivity contribution in [2.45, 2.75) is 290 Å². The number of esters is 2. The summed E-state index contributed by atoms with van der Waals surface area (Å²) in [5.74, 6) is -0.860. The lowest BCUT2D eigenvalue weighted by atomic mass is 10.0. The van der Waals surface area contributed by atoms with Crippen LogP contribution in [0.3, 0.4) is 0 Å². The van der Waals surface area contributed by atoms with Crippen LogP contribution in [0.1, 0.15) is 284 Å². The van der Waals surface area contributed by atoms with Crippen LogP contribution in [0.15, 0.2) is 182 Å². The second kappa shape index (κ2) is 72.4. The summed E-state index contributed by atoms with van der Waals surface area (Å²) in [6, 6.07) is 0. The van der Waals surface area contributed by atoms with Crippen LogP contribution in [-0.2, 0) is 32.7 Å². The molecule has 0 saturated carbocycles. The van der Waals surface area contributed by atoms with E-state index in [1.54, 1.807) is 0 Å². The van der Waals surface area contributed by atoms with Crippen LogP contribution in [0.5, 0.6) is 0 Å². The van der Waals surface area contributed by atoms with E-state index in [1.165, 1.54) is 103 Å². The molecule has 0 aromatic carbocycles. The van der Waals surface area contributed by atoms with Gasteiger partial charge in [0, 0.05) is 12.8 Å². The van der Waals surface area contributed by atoms with Crippen molar-refractivity contribution in [3.8, 4) is 0 Å². The quantitative estimate of drug-likeness (QED) is 0.0195. The smallest absolute Gasteiger partial charge is 0.306 e. The summed E-state index contributed by atoms with van der Waals surface area (Å²) in [5, 5.41) is 0. The van der Waals surface area contributed by atoms with Gasteiger partial charge in [-0.05, 0) is 135 Å². The molecule has 10 heteroatoms. The SMILES string of the molecule is CC/C=C\C/C=C\C/C=C\C/C=C\C/C=C\C/C=C\C/C=C\C/C=C\C/C=C\CCCCCCCC(=O)OC(COC(=O)CCCCCCCCCCCCCCCCCCCC/C=C\C/C=C\C/C=C\C/C=C\C/C=C\C/C=C\CC)COP(=O)([O-])OCC[N+](C)(C)C. The molecule has 532 valence electrons. The fourth-order valence-corrected chi connectivity index (χ4v) is 10.5. The molecule has 0 aliphatic carbocycles. The van der Waals surface area contributed by atoms with Gasteiger partial charge < -0.3 is 27.9 Å². The average Bonchev–Trinajstić information content (AvgIpc) is 1.56. The van der Waals surface area contributed by atoms with Gasteiger partial charge in [-0.25, -0.2) is 0 Å². The summed E-state index contributed by atoms with van der Waals surface area (Å²) in [7, 11) is 1.14. The van der Waals surface area contributed by atoms with Gasteiger partial charge in [0.15, 0.2) is 6.10 Å². The first-order chi connectivity index (χ1) is 46.0. The summed E-state index contributed by atoms with van der Waals surface area (Å²) in [5.41, 5.74) is 0. The molecule has 9 nitrogen and oxygen atoms in total. The van der Waals surface area contributed by atoms with E-state index in [2.05, 4.69) is 196 Å². The van der Waals surface area contributed by atoms with Gasteiger partial charge in [0.2, 0.25) is 0 Å². The number of carbonyl (C=O) groups excluding carboxylic acids is 2. The summed E-state index contributed by atoms with van der Waals surface area (Å²) in [4.78, 5) is 38.1. The lowest BCUT2D eigenvalue weighted by Gasteiger charge is -2.28. The number of rotatable bonds is 67. The largest absolute Gasteiger partial charge is 0.756 e. The number of allylic oxidation sites excluding steroid dienone is 30. The average molecular weight is 1320 g/mol. The Morgan fingerprint density at radius 3 is 0.851 bits per heavy atom. The molecule has 2 unspecified atom stereocenters. The van der Waals surface area contributed by atoms with Gasteiger partial charge in [-0.1, -0.05) is 318 Å². The molecule has 94 heavy (non-hydrogen) atoms. The van der Waals surface area contributed by atoms with Gasteiger partial charge in [0.25, 0.3) is 7.82 Å². The third kappa shape index (κ3) is 76.1. The maximum absolute atomic E-state index is 12.9. The van der Waals surface area contributed by atoms with Crippen molar-refractivity contribution in [2.75, 3.05) is 47.5 Å². The molecule has 0 radical (unpaired) electrons. The van der Waals surface area contributed by atoms with Crippen LogP contribution in [0.4, 0.5) is 0 Å². The lowest BCUT2D eigenvalue weighted by Crippen LogP contribution is -2.37. The Balaban J connectivity index is 4.09. The van der Waals surface area contributed by atoms with Gasteiger partial charge in [0.05, 0.1) is 27.7 Å². The number of quaternary nitrogens is 1. The van der Waals surface area contributed by atoms with Crippen molar-refractivity contribution in [1.29, 1.82) is 0 Å². The van der Waals surface area contributed by atoms with Gasteiger partial charge >= 0.3 is 11.9 Å². The minimum atomic E-state index is -4.66. The summed E-state index contributed by atoms with van der Waals surface area (Å²) in [6.45, 7) is 3.99. The van der Waals surface area contributed by atoms with Crippen LogP contribution in [0.25, 0.3) is 0 Å². The van der Waals surface area contributed by atoms with Crippen molar-refractivity contribution in [2.24, 2.45) is 0 Å². The zero-order chi connectivity index (χ0) is 68.3. The molecular weight excluding hydrogens is 1180 g/mol. The molecule has 2 atom stereocenters. The Morgan fingerprint density at radius 1 is 0.330 bits per heavy atom. The first-order valence-corrected chi connectivity index (χ1v) is 39.0. The lowest BCUT2D eigenvalue weighted by molar-refractivity contribution is -0.870. The number of hydrogen-bond acceptors (Lipinski definition) is 8. The van der Waals surface area contributed by atoms with Crippen LogP contribution >= 0.6 is 7.82 Å². The molecule has 0 heterocycles. The van der Waals surface area contributed by atoms with E-state index in [0.29, 0.717) is 17.4 Å². The fourth-order valence-electron chi connectivity index (χ4n) is 9.77. The number of carbonyl (C=O) groups is 2. The molecule has 0 spiro atoms. The predicted molar refractivity (Wildman–Crippen MR) is 406 cm³/mol. The third-order valence-corrected chi connectivity index (χ3v) is 16.4. The number of nitrogens with zero attached hydrogens (tertiary/aromatic N) is 1. The normalized spacial score (nSPS) is 14.1. The van der Waals surface area contributed by atoms with Crippen molar-refractivity contribution in [3.63, 3.8) is 0 Å². The Kier molecular flexibility index (Phi) is 68.6. The number of phosphoric acid groups is 1. The van der Waals surface area contributed by atoms with Crippen LogP contribution < -0.4 is 4.89 Å². The van der Waals surface area contributed by atoms with E-state index < -0.39 is 32.5 Å². The maximum Gasteiger partial charge on any atom is 0.306 e. The van der Waals surface area contributed by atoms with E-state index in [4.69, 9.17) is 18.5 Å². The van der Waals surface area contributed by atoms with Crippen molar-refractivity contribution >= 4 is 19.8 Å². The number of likely N-dealkylation sites (N-methyl/N-ethyl adjacent to an activating group) is 1. The Hall–Kier alpha value is -4.89. The van der Waals surface area contributed by atoms with E-state index in [-0.39, 0.29) is 26.1 Å². The first-order valence-electron chi connectivity index (χ1n) is 37.5. The van der Waals surface area contributed by atoms with Crippen molar-refractivity contribution in [3.05, 3.63) is 182 Å². The highest BCUT2D eigenvalue weighted by Gasteiger charge is 2.22. The van der Waals surface area contributed by atoms with Gasteiger partial charge in [-0.3, -0.25) is 14.2 Å². The molecule has 0 rings (SSSR count). The highest BCUT2D eigenvalue weighted by Crippen LogP contribution is 2.38. The van der Waals surface area contributed by atoms with Crippen molar-refractivity contribution in [1.82, 2.24) is 0 Å². The molecule has 0 saturated heterocycles. The minimum absolute atomic E-state index is 0.0432. The van der Waals surface area contributed by atoms with Crippen LogP contribution in [-0.4, -0.2) is 70.0 Å². The first kappa shape index (κ1) is 89.1. The number of ether oxygens (including phenoxy) is 2. The molecular formula is C84H138NO8P. The van der Waals surface area contributed by atoms with Crippen LogP contribution in [0.2, 0.25) is 0 Å². The molecule has 0 aliphatic rings. The van der Waals surface area contributed by atoms with Gasteiger partial charge in [0.1, 0.15) is 19.8 Å². The Morgan fingerprint density at radius 2 is 0.574 bits per heavy atom. The fraction of sp³-hybridized carbons (Fsp3) is 0.619. The highest BCUT2D eigenvalue weighted by molar-refractivity contribution is 7.45. The monoisotopic (exact) mass is 1320 g/mol. The Labute approximate surface area is 578 Å². The third-order valence-electron chi connectivity index (χ3n) is 15.4. The summed E-state index contributed by atoms with van der Waals surface area (Å²) >= 11 is 0. The summed E-state index contributed by atoms with van der Waals surface area (Å²) < 4.78 is 34.3. The number of phosphoric ester groups is 1. The zero-order valence-corrected chi connectivity index (χ0v) is 61.5. The molecule has 0 fully saturated rings. The van der Waals surface area contributed by atoms with E-state index in [9.17, 15) is 19.0 Å².